The Balaban J connectivity index is 3.35. The molecule has 0 aromatic rings. The number of unbranched alkanes of at least 4 members (excludes halogenated alkanes) is 11. The fourth-order valence-corrected chi connectivity index (χ4v) is 3.36. The molecular formula is C23H47N2O+. The first-order valence-electron chi connectivity index (χ1n) is 11.3. The number of nitrogens with one attached hydrogen (secondary N) is 1. The van der Waals surface area contributed by atoms with E-state index >= 15 is 0 Å². The van der Waals surface area contributed by atoms with Gasteiger partial charge in [-0.15, -0.1) is 0 Å². The topological polar surface area (TPSA) is 29.1 Å². The van der Waals surface area contributed by atoms with Crippen LogP contribution in [0.3, 0.4) is 0 Å². The summed E-state index contributed by atoms with van der Waals surface area (Å²) in [7, 11) is 4.11. The Morgan fingerprint density at radius 1 is 0.731 bits per heavy atom. The second-order valence-electron chi connectivity index (χ2n) is 8.28. The Labute approximate surface area is 164 Å². The minimum atomic E-state index is 0.195. The van der Waals surface area contributed by atoms with Gasteiger partial charge in [0.15, 0.2) is 0 Å². The molecule has 0 rings (SSSR count). The number of quaternary nitrogens is 1. The van der Waals surface area contributed by atoms with Crippen LogP contribution < -0.4 is 5.43 Å². The normalized spacial score (nSPS) is 12.0. The summed E-state index contributed by atoms with van der Waals surface area (Å²) >= 11 is 0. The highest BCUT2D eigenvalue weighted by Crippen LogP contribution is 2.10. The second-order valence-corrected chi connectivity index (χ2v) is 8.28. The maximum absolute atomic E-state index is 11.9. The lowest BCUT2D eigenvalue weighted by molar-refractivity contribution is -0.925. The Kier molecular flexibility index (Phi) is 17.0. The van der Waals surface area contributed by atoms with Crippen molar-refractivity contribution in [2.45, 2.75) is 110 Å². The van der Waals surface area contributed by atoms with Crippen molar-refractivity contribution in [1.29, 1.82) is 0 Å². The number of rotatable bonds is 18. The van der Waals surface area contributed by atoms with Crippen LogP contribution in [0.15, 0.2) is 12.2 Å². The number of carbonyl (C=O) groups is 1. The summed E-state index contributed by atoms with van der Waals surface area (Å²) in [5, 5.41) is 0. The Bertz CT molecular complexity index is 350. The van der Waals surface area contributed by atoms with E-state index in [4.69, 9.17) is 0 Å². The zero-order chi connectivity index (χ0) is 19.5. The summed E-state index contributed by atoms with van der Waals surface area (Å²) in [5.74, 6) is 0.195. The molecule has 0 spiro atoms. The summed E-state index contributed by atoms with van der Waals surface area (Å²) in [6.45, 7) is 5.40. The van der Waals surface area contributed by atoms with Gasteiger partial charge in [-0.1, -0.05) is 77.4 Å². The SMILES string of the molecule is CCCCCCCC/C=C\CCCCCCCC(=O)N[N+](C)(C)CCC. The summed E-state index contributed by atoms with van der Waals surface area (Å²) in [6, 6.07) is 0. The molecule has 0 heterocycles. The molecule has 1 N–H and O–H groups in total. The zero-order valence-electron chi connectivity index (χ0n) is 18.3. The third kappa shape index (κ3) is 18.0. The van der Waals surface area contributed by atoms with Crippen molar-refractivity contribution in [2.24, 2.45) is 0 Å². The molecule has 0 aromatic carbocycles. The highest BCUT2D eigenvalue weighted by atomic mass is 16.2. The molecule has 0 fully saturated rings. The summed E-state index contributed by atoms with van der Waals surface area (Å²) in [6.07, 6.45) is 23.3. The molecule has 0 saturated heterocycles. The van der Waals surface area contributed by atoms with Crippen LogP contribution in [0.1, 0.15) is 110 Å². The molecule has 1 amide bonds. The van der Waals surface area contributed by atoms with Crippen LogP contribution in [-0.4, -0.2) is 31.1 Å². The molecule has 0 aliphatic rings. The third-order valence-corrected chi connectivity index (χ3v) is 4.88. The minimum absolute atomic E-state index is 0.195. The second kappa shape index (κ2) is 17.6. The van der Waals surface area contributed by atoms with Gasteiger partial charge in [0, 0.05) is 6.42 Å². The van der Waals surface area contributed by atoms with Crippen molar-refractivity contribution in [1.82, 2.24) is 5.43 Å². The lowest BCUT2D eigenvalue weighted by atomic mass is 10.1. The van der Waals surface area contributed by atoms with E-state index in [1.54, 1.807) is 0 Å². The highest BCUT2D eigenvalue weighted by molar-refractivity contribution is 5.74. The molecule has 0 aliphatic carbocycles. The van der Waals surface area contributed by atoms with Gasteiger partial charge in [-0.05, 0) is 38.5 Å². The van der Waals surface area contributed by atoms with Gasteiger partial charge in [-0.3, -0.25) is 4.79 Å². The van der Waals surface area contributed by atoms with Crippen molar-refractivity contribution >= 4 is 5.91 Å². The first-order chi connectivity index (χ1) is 12.5. The largest absolute Gasteiger partial charge is 0.270 e. The molecule has 0 unspecified atom stereocenters. The number of carbonyl (C=O) groups excluding carboxylic acids is 1. The molecule has 0 aromatic heterocycles. The molecular weight excluding hydrogens is 320 g/mol. The van der Waals surface area contributed by atoms with Crippen LogP contribution >= 0.6 is 0 Å². The fraction of sp³-hybridized carbons (Fsp3) is 0.870. The number of amides is 1. The van der Waals surface area contributed by atoms with E-state index in [9.17, 15) is 4.79 Å². The molecule has 3 heteroatoms. The average molecular weight is 368 g/mol. The summed E-state index contributed by atoms with van der Waals surface area (Å²) in [5.41, 5.74) is 3.10. The molecule has 0 radical (unpaired) electrons. The van der Waals surface area contributed by atoms with Crippen molar-refractivity contribution in [3.8, 4) is 0 Å². The number of hydrogen-bond acceptors (Lipinski definition) is 1. The first kappa shape index (κ1) is 25.2. The van der Waals surface area contributed by atoms with E-state index in [1.807, 2.05) is 0 Å². The number of hydrogen-bond donors (Lipinski definition) is 1. The van der Waals surface area contributed by atoms with Crippen LogP contribution in [0.5, 0.6) is 0 Å². The molecule has 154 valence electrons. The summed E-state index contributed by atoms with van der Waals surface area (Å²) in [4.78, 5) is 11.9. The van der Waals surface area contributed by atoms with Crippen LogP contribution in [0.4, 0.5) is 0 Å². The van der Waals surface area contributed by atoms with Crippen LogP contribution in [0, 0.1) is 0 Å². The zero-order valence-corrected chi connectivity index (χ0v) is 18.3. The molecule has 0 atom stereocenters. The van der Waals surface area contributed by atoms with Gasteiger partial charge in [0.05, 0.1) is 14.1 Å². The van der Waals surface area contributed by atoms with E-state index < -0.39 is 0 Å². The molecule has 26 heavy (non-hydrogen) atoms. The van der Waals surface area contributed by atoms with Gasteiger partial charge in [0.2, 0.25) is 0 Å². The van der Waals surface area contributed by atoms with Crippen LogP contribution in [-0.2, 0) is 4.79 Å². The third-order valence-electron chi connectivity index (χ3n) is 4.88. The van der Waals surface area contributed by atoms with E-state index in [0.29, 0.717) is 11.0 Å². The van der Waals surface area contributed by atoms with Crippen LogP contribution in [0.25, 0.3) is 0 Å². The van der Waals surface area contributed by atoms with Gasteiger partial charge in [-0.25, -0.2) is 10.0 Å². The van der Waals surface area contributed by atoms with E-state index in [1.165, 1.54) is 77.0 Å². The molecule has 0 aliphatic heterocycles. The lowest BCUT2D eigenvalue weighted by Gasteiger charge is -2.28. The highest BCUT2D eigenvalue weighted by Gasteiger charge is 2.16. The predicted octanol–water partition coefficient (Wildman–Crippen LogP) is 6.54. The first-order valence-corrected chi connectivity index (χ1v) is 11.3. The van der Waals surface area contributed by atoms with Gasteiger partial charge < -0.3 is 0 Å². The fourth-order valence-electron chi connectivity index (χ4n) is 3.36. The standard InChI is InChI=1S/C23H46N2O/c1-5-7-8-9-10-11-12-13-14-15-16-17-18-19-20-21-23(26)24-25(3,4)22-6-2/h13-14H,5-12,15-22H2,1-4H3/p+1/b14-13-. The Morgan fingerprint density at radius 3 is 1.77 bits per heavy atom. The van der Waals surface area contributed by atoms with E-state index in [-0.39, 0.29) is 5.91 Å². The lowest BCUT2D eigenvalue weighted by Crippen LogP contribution is -2.54. The van der Waals surface area contributed by atoms with E-state index in [0.717, 1.165) is 19.4 Å². The van der Waals surface area contributed by atoms with Crippen molar-refractivity contribution in [2.75, 3.05) is 20.6 Å². The summed E-state index contributed by atoms with van der Waals surface area (Å²) < 4.78 is 0.598. The maximum atomic E-state index is 11.9. The van der Waals surface area contributed by atoms with Crippen molar-refractivity contribution in [3.63, 3.8) is 0 Å². The van der Waals surface area contributed by atoms with Crippen molar-refractivity contribution in [3.05, 3.63) is 12.2 Å². The number of nitrogens with zero attached hydrogens (tertiary/aromatic N) is 1. The minimum Gasteiger partial charge on any atom is -0.270 e. The predicted molar refractivity (Wildman–Crippen MR) is 115 cm³/mol. The maximum Gasteiger partial charge on any atom is 0.264 e. The number of allylic oxidation sites excluding steroid dienone is 2. The van der Waals surface area contributed by atoms with Crippen LogP contribution in [0.2, 0.25) is 0 Å². The Hall–Kier alpha value is -0.830. The smallest absolute Gasteiger partial charge is 0.264 e. The van der Waals surface area contributed by atoms with Crippen molar-refractivity contribution < 1.29 is 9.39 Å². The molecule has 3 nitrogen and oxygen atoms in total. The van der Waals surface area contributed by atoms with Gasteiger partial charge in [0.25, 0.3) is 5.91 Å². The van der Waals surface area contributed by atoms with Gasteiger partial charge >= 0.3 is 0 Å². The van der Waals surface area contributed by atoms with Gasteiger partial charge in [-0.2, -0.15) is 0 Å². The van der Waals surface area contributed by atoms with E-state index in [2.05, 4.69) is 45.5 Å². The molecule has 0 saturated carbocycles. The van der Waals surface area contributed by atoms with Gasteiger partial charge in [0.1, 0.15) is 6.54 Å². The average Bonchev–Trinajstić information content (AvgIpc) is 2.57. The molecule has 0 bridgehead atoms. The Morgan fingerprint density at radius 2 is 1.23 bits per heavy atom. The monoisotopic (exact) mass is 367 g/mol. The quantitative estimate of drug-likeness (QED) is 0.127.